The predicted octanol–water partition coefficient (Wildman–Crippen LogP) is 2.82. The second kappa shape index (κ2) is 6.54. The first-order chi connectivity index (χ1) is 13.4. The van der Waals surface area contributed by atoms with Crippen LogP contribution in [0.1, 0.15) is 20.8 Å². The molecule has 1 aliphatic heterocycles. The van der Waals surface area contributed by atoms with Gasteiger partial charge >= 0.3 is 0 Å². The summed E-state index contributed by atoms with van der Waals surface area (Å²) in [5, 5.41) is 0. The maximum atomic E-state index is 13.0. The molecule has 0 unspecified atom stereocenters. The van der Waals surface area contributed by atoms with Crippen molar-refractivity contribution in [1.29, 1.82) is 0 Å². The Morgan fingerprint density at radius 3 is 2.21 bits per heavy atom. The highest BCUT2D eigenvalue weighted by Gasteiger charge is 2.37. The van der Waals surface area contributed by atoms with E-state index in [0.717, 1.165) is 29.2 Å². The van der Waals surface area contributed by atoms with Crippen molar-refractivity contribution in [1.82, 2.24) is 4.98 Å². The number of amides is 2. The summed E-state index contributed by atoms with van der Waals surface area (Å²) >= 11 is 0. The number of benzene rings is 2. The first-order valence-corrected chi connectivity index (χ1v) is 9.57. The Morgan fingerprint density at radius 2 is 1.57 bits per heavy atom. The summed E-state index contributed by atoms with van der Waals surface area (Å²) in [6.07, 6.45) is 1.43. The summed E-state index contributed by atoms with van der Waals surface area (Å²) in [7, 11) is -3.90. The van der Waals surface area contributed by atoms with Gasteiger partial charge in [0, 0.05) is 11.9 Å². The molecule has 9 heteroatoms. The third kappa shape index (κ3) is 3.01. The van der Waals surface area contributed by atoms with Gasteiger partial charge in [0.2, 0.25) is 0 Å². The van der Waals surface area contributed by atoms with Crippen LogP contribution in [-0.2, 0) is 10.0 Å². The zero-order valence-electron chi connectivity index (χ0n) is 14.2. The average Bonchev–Trinajstić information content (AvgIpc) is 2.94. The molecule has 0 saturated heterocycles. The molecule has 0 aliphatic carbocycles. The fourth-order valence-electron chi connectivity index (χ4n) is 2.81. The number of anilines is 2. The van der Waals surface area contributed by atoms with Crippen molar-refractivity contribution in [3.63, 3.8) is 0 Å². The fourth-order valence-corrected chi connectivity index (χ4v) is 3.87. The standard InChI is InChI=1S/C19H12FN3O4S/c20-12-3-9-15(10-4-12)28(26,27)22-13-5-7-14(8-6-13)23-18(24)16-2-1-11-21-17(16)19(23)25/h1-11,22H. The van der Waals surface area contributed by atoms with Crippen LogP contribution in [-0.4, -0.2) is 25.2 Å². The van der Waals surface area contributed by atoms with Crippen LogP contribution >= 0.6 is 0 Å². The van der Waals surface area contributed by atoms with E-state index in [-0.39, 0.29) is 27.5 Å². The molecule has 2 heterocycles. The van der Waals surface area contributed by atoms with Crippen LogP contribution in [0.3, 0.4) is 0 Å². The Morgan fingerprint density at radius 1 is 0.893 bits per heavy atom. The lowest BCUT2D eigenvalue weighted by Gasteiger charge is -2.14. The predicted molar refractivity (Wildman–Crippen MR) is 99.0 cm³/mol. The van der Waals surface area contributed by atoms with E-state index in [2.05, 4.69) is 9.71 Å². The van der Waals surface area contributed by atoms with Crippen LogP contribution in [0.15, 0.2) is 71.8 Å². The molecule has 2 amide bonds. The van der Waals surface area contributed by atoms with E-state index >= 15 is 0 Å². The number of aromatic nitrogens is 1. The van der Waals surface area contributed by atoms with E-state index in [9.17, 15) is 22.4 Å². The molecular formula is C19H12FN3O4S. The Kier molecular flexibility index (Phi) is 4.16. The van der Waals surface area contributed by atoms with Gasteiger partial charge in [0.1, 0.15) is 11.5 Å². The van der Waals surface area contributed by atoms with Crippen LogP contribution in [0.5, 0.6) is 0 Å². The van der Waals surface area contributed by atoms with Crippen molar-refractivity contribution in [3.8, 4) is 0 Å². The number of rotatable bonds is 4. The lowest BCUT2D eigenvalue weighted by Crippen LogP contribution is -2.29. The van der Waals surface area contributed by atoms with Crippen molar-refractivity contribution in [3.05, 3.63) is 83.9 Å². The molecule has 7 nitrogen and oxygen atoms in total. The molecule has 140 valence electrons. The minimum atomic E-state index is -3.90. The maximum Gasteiger partial charge on any atom is 0.284 e. The minimum absolute atomic E-state index is 0.0774. The van der Waals surface area contributed by atoms with Crippen molar-refractivity contribution < 1.29 is 22.4 Å². The molecule has 2 aromatic carbocycles. The van der Waals surface area contributed by atoms with E-state index in [4.69, 9.17) is 0 Å². The van der Waals surface area contributed by atoms with Gasteiger partial charge in [-0.2, -0.15) is 0 Å². The number of carbonyl (C=O) groups is 2. The first kappa shape index (κ1) is 17.8. The highest BCUT2D eigenvalue weighted by atomic mass is 32.2. The van der Waals surface area contributed by atoms with Crippen LogP contribution in [0.2, 0.25) is 0 Å². The third-order valence-corrected chi connectivity index (χ3v) is 5.55. The highest BCUT2D eigenvalue weighted by molar-refractivity contribution is 7.92. The number of fused-ring (bicyclic) bond motifs is 1. The number of hydrogen-bond acceptors (Lipinski definition) is 5. The average molecular weight is 397 g/mol. The van der Waals surface area contributed by atoms with E-state index in [1.165, 1.54) is 36.5 Å². The topological polar surface area (TPSA) is 96.4 Å². The zero-order valence-corrected chi connectivity index (χ0v) is 15.0. The second-order valence-electron chi connectivity index (χ2n) is 5.95. The van der Waals surface area contributed by atoms with Gasteiger partial charge in [-0.1, -0.05) is 0 Å². The van der Waals surface area contributed by atoms with Gasteiger partial charge in [0.05, 0.1) is 16.1 Å². The molecule has 0 bridgehead atoms. The fraction of sp³-hybridized carbons (Fsp3) is 0. The number of nitrogens with zero attached hydrogens (tertiary/aromatic N) is 2. The molecule has 1 aliphatic rings. The lowest BCUT2D eigenvalue weighted by molar-refractivity contribution is 0.0924. The van der Waals surface area contributed by atoms with Gasteiger partial charge in [-0.3, -0.25) is 19.3 Å². The molecule has 0 radical (unpaired) electrons. The van der Waals surface area contributed by atoms with Crippen molar-refractivity contribution in [2.75, 3.05) is 9.62 Å². The first-order valence-electron chi connectivity index (χ1n) is 8.09. The normalized spacial score (nSPS) is 13.5. The van der Waals surface area contributed by atoms with Gasteiger partial charge in [0.15, 0.2) is 0 Å². The number of nitrogens with one attached hydrogen (secondary N) is 1. The SMILES string of the molecule is O=C1c2cccnc2C(=O)N1c1ccc(NS(=O)(=O)c2ccc(F)cc2)cc1. The second-order valence-corrected chi connectivity index (χ2v) is 7.63. The molecule has 0 atom stereocenters. The molecule has 28 heavy (non-hydrogen) atoms. The number of pyridine rings is 1. The lowest BCUT2D eigenvalue weighted by atomic mass is 10.2. The van der Waals surface area contributed by atoms with Crippen LogP contribution in [0.25, 0.3) is 0 Å². The number of imide groups is 1. The quantitative estimate of drug-likeness (QED) is 0.683. The smallest absolute Gasteiger partial charge is 0.280 e. The van der Waals surface area contributed by atoms with Crippen LogP contribution < -0.4 is 9.62 Å². The van der Waals surface area contributed by atoms with Crippen molar-refractivity contribution in [2.45, 2.75) is 4.90 Å². The summed E-state index contributed by atoms with van der Waals surface area (Å²) in [5.74, 6) is -1.58. The number of carbonyl (C=O) groups excluding carboxylic acids is 2. The van der Waals surface area contributed by atoms with Crippen LogP contribution in [0, 0.1) is 5.82 Å². The monoisotopic (exact) mass is 397 g/mol. The van der Waals surface area contributed by atoms with Gasteiger partial charge in [-0.05, 0) is 60.7 Å². The number of halogens is 1. The summed E-state index contributed by atoms with van der Waals surface area (Å²) in [4.78, 5) is 29.7. The van der Waals surface area contributed by atoms with Gasteiger partial charge < -0.3 is 0 Å². The Bertz CT molecular complexity index is 1160. The Balaban J connectivity index is 1.58. The maximum absolute atomic E-state index is 13.0. The minimum Gasteiger partial charge on any atom is -0.280 e. The summed E-state index contributed by atoms with van der Waals surface area (Å²) in [6.45, 7) is 0. The molecule has 1 aromatic heterocycles. The Hall–Kier alpha value is -3.59. The van der Waals surface area contributed by atoms with Crippen molar-refractivity contribution in [2.24, 2.45) is 0 Å². The van der Waals surface area contributed by atoms with E-state index in [1.807, 2.05) is 0 Å². The molecule has 0 spiro atoms. The van der Waals surface area contributed by atoms with Gasteiger partial charge in [-0.25, -0.2) is 17.7 Å². The van der Waals surface area contributed by atoms with Gasteiger partial charge in [-0.15, -0.1) is 0 Å². The molecule has 3 aromatic rings. The summed E-state index contributed by atoms with van der Waals surface area (Å²) in [5.41, 5.74) is 0.808. The van der Waals surface area contributed by atoms with E-state index in [1.54, 1.807) is 6.07 Å². The zero-order chi connectivity index (χ0) is 19.9. The molecule has 0 saturated carbocycles. The molecule has 0 fully saturated rings. The van der Waals surface area contributed by atoms with E-state index < -0.39 is 27.7 Å². The Labute approximate surface area is 159 Å². The van der Waals surface area contributed by atoms with Crippen molar-refractivity contribution >= 4 is 33.2 Å². The summed E-state index contributed by atoms with van der Waals surface area (Å²) < 4.78 is 40.0. The highest BCUT2D eigenvalue weighted by Crippen LogP contribution is 2.28. The third-order valence-electron chi connectivity index (χ3n) is 4.15. The molecule has 4 rings (SSSR count). The number of sulfonamides is 1. The largest absolute Gasteiger partial charge is 0.284 e. The van der Waals surface area contributed by atoms with Crippen LogP contribution in [0.4, 0.5) is 15.8 Å². The summed E-state index contributed by atoms with van der Waals surface area (Å²) in [6, 6.07) is 13.2. The van der Waals surface area contributed by atoms with E-state index in [0.29, 0.717) is 0 Å². The number of hydrogen-bond donors (Lipinski definition) is 1. The van der Waals surface area contributed by atoms with Gasteiger partial charge in [0.25, 0.3) is 21.8 Å². The molecular weight excluding hydrogens is 385 g/mol. The molecule has 1 N–H and O–H groups in total.